The van der Waals surface area contributed by atoms with Gasteiger partial charge < -0.3 is 15.5 Å². The van der Waals surface area contributed by atoms with E-state index >= 15 is 0 Å². The van der Waals surface area contributed by atoms with Gasteiger partial charge >= 0.3 is 0 Å². The van der Waals surface area contributed by atoms with Crippen molar-refractivity contribution in [2.75, 3.05) is 11.9 Å². The minimum absolute atomic E-state index is 0.0652. The van der Waals surface area contributed by atoms with Crippen LogP contribution in [0.15, 0.2) is 42.5 Å². The maximum Gasteiger partial charge on any atom is 0.165 e. The second-order valence-corrected chi connectivity index (χ2v) is 5.30. The van der Waals surface area contributed by atoms with Crippen LogP contribution in [0.3, 0.4) is 0 Å². The number of aromatic hydroxyl groups is 1. The highest BCUT2D eigenvalue weighted by Crippen LogP contribution is 2.30. The molecular formula is C17H16FN3O2. The minimum Gasteiger partial charge on any atom is -0.507 e. The molecule has 0 fully saturated rings. The lowest BCUT2D eigenvalue weighted by Gasteiger charge is -2.12. The van der Waals surface area contributed by atoms with Gasteiger partial charge in [0.15, 0.2) is 5.82 Å². The van der Waals surface area contributed by atoms with E-state index in [0.717, 1.165) is 0 Å². The van der Waals surface area contributed by atoms with E-state index in [1.54, 1.807) is 37.3 Å². The number of aliphatic hydroxyl groups excluding tert-OH is 1. The summed E-state index contributed by atoms with van der Waals surface area (Å²) in [5.74, 6) is 0.413. The van der Waals surface area contributed by atoms with E-state index < -0.39 is 11.9 Å². The number of nitrogens with zero attached hydrogens (tertiary/aromatic N) is 2. The molecule has 0 radical (unpaired) electrons. The van der Waals surface area contributed by atoms with E-state index in [0.29, 0.717) is 28.1 Å². The van der Waals surface area contributed by atoms with Crippen molar-refractivity contribution in [1.29, 1.82) is 0 Å². The van der Waals surface area contributed by atoms with Crippen molar-refractivity contribution in [2.45, 2.75) is 13.0 Å². The maximum atomic E-state index is 13.5. The van der Waals surface area contributed by atoms with E-state index in [2.05, 4.69) is 15.3 Å². The second kappa shape index (κ2) is 6.18. The van der Waals surface area contributed by atoms with Gasteiger partial charge in [-0.2, -0.15) is 0 Å². The molecule has 0 saturated heterocycles. The summed E-state index contributed by atoms with van der Waals surface area (Å²) in [5.41, 5.74) is 1.03. The van der Waals surface area contributed by atoms with Gasteiger partial charge in [-0.3, -0.25) is 0 Å². The number of nitrogens with one attached hydrogen (secondary N) is 1. The van der Waals surface area contributed by atoms with Gasteiger partial charge in [0, 0.05) is 11.9 Å². The molecule has 2 aromatic carbocycles. The Kier molecular flexibility index (Phi) is 4.08. The minimum atomic E-state index is -0.581. The average Bonchev–Trinajstić information content (AvgIpc) is 2.53. The summed E-state index contributed by atoms with van der Waals surface area (Å²) in [6.45, 7) is 1.91. The van der Waals surface area contributed by atoms with Crippen LogP contribution in [0.5, 0.6) is 5.75 Å². The number of rotatable bonds is 4. The summed E-state index contributed by atoms with van der Waals surface area (Å²) in [4.78, 5) is 8.78. The third-order valence-electron chi connectivity index (χ3n) is 3.37. The molecule has 6 heteroatoms. The molecule has 0 bridgehead atoms. The molecule has 0 aliphatic rings. The topological polar surface area (TPSA) is 78.3 Å². The first-order chi connectivity index (χ1) is 11.0. The number of phenols is 1. The van der Waals surface area contributed by atoms with Crippen LogP contribution < -0.4 is 5.32 Å². The molecule has 5 nitrogen and oxygen atoms in total. The van der Waals surface area contributed by atoms with Gasteiger partial charge in [0.1, 0.15) is 17.4 Å². The van der Waals surface area contributed by atoms with Crippen molar-refractivity contribution in [1.82, 2.24) is 9.97 Å². The normalized spacial score (nSPS) is 12.3. The molecule has 3 rings (SSSR count). The van der Waals surface area contributed by atoms with E-state index in [9.17, 15) is 14.6 Å². The molecule has 0 aliphatic heterocycles. The first kappa shape index (κ1) is 15.2. The van der Waals surface area contributed by atoms with Crippen molar-refractivity contribution in [3.63, 3.8) is 0 Å². The first-order valence-corrected chi connectivity index (χ1v) is 7.22. The zero-order valence-electron chi connectivity index (χ0n) is 12.5. The Hall–Kier alpha value is -2.73. The van der Waals surface area contributed by atoms with Crippen molar-refractivity contribution < 1.29 is 14.6 Å². The number of anilines is 1. The van der Waals surface area contributed by atoms with Gasteiger partial charge in [-0.1, -0.05) is 12.1 Å². The smallest absolute Gasteiger partial charge is 0.165 e. The number of aromatic nitrogens is 2. The molecule has 23 heavy (non-hydrogen) atoms. The summed E-state index contributed by atoms with van der Waals surface area (Å²) in [5, 5.41) is 23.0. The molecule has 1 atom stereocenters. The monoisotopic (exact) mass is 313 g/mol. The number of fused-ring (bicyclic) bond motifs is 1. The van der Waals surface area contributed by atoms with Crippen molar-refractivity contribution in [3.05, 3.63) is 48.3 Å². The zero-order chi connectivity index (χ0) is 16.4. The SMILES string of the molecule is CC(O)CNc1nc(-c2ccccc2O)nc2ccc(F)cc12. The van der Waals surface area contributed by atoms with E-state index in [-0.39, 0.29) is 12.3 Å². The van der Waals surface area contributed by atoms with E-state index in [1.807, 2.05) is 0 Å². The molecule has 118 valence electrons. The van der Waals surface area contributed by atoms with Crippen molar-refractivity contribution in [2.24, 2.45) is 0 Å². The predicted octanol–water partition coefficient (Wildman–Crippen LogP) is 2.93. The van der Waals surface area contributed by atoms with Crippen LogP contribution in [0.1, 0.15) is 6.92 Å². The predicted molar refractivity (Wildman–Crippen MR) is 86.8 cm³/mol. The first-order valence-electron chi connectivity index (χ1n) is 7.22. The molecule has 0 amide bonds. The largest absolute Gasteiger partial charge is 0.507 e. The molecule has 0 saturated carbocycles. The molecule has 1 heterocycles. The molecule has 1 unspecified atom stereocenters. The fraction of sp³-hybridized carbons (Fsp3) is 0.176. The van der Waals surface area contributed by atoms with Gasteiger partial charge in [0.05, 0.1) is 17.2 Å². The molecule has 0 spiro atoms. The van der Waals surface area contributed by atoms with Crippen molar-refractivity contribution in [3.8, 4) is 17.1 Å². The summed E-state index contributed by atoms with van der Waals surface area (Å²) in [6, 6.07) is 11.0. The van der Waals surface area contributed by atoms with E-state index in [1.165, 1.54) is 12.1 Å². The van der Waals surface area contributed by atoms with Crippen LogP contribution in [0.25, 0.3) is 22.3 Å². The fourth-order valence-corrected chi connectivity index (χ4v) is 2.26. The molecule has 3 N–H and O–H groups in total. The Balaban J connectivity index is 2.17. The number of halogens is 1. The van der Waals surface area contributed by atoms with Gasteiger partial charge in [-0.15, -0.1) is 0 Å². The van der Waals surface area contributed by atoms with Gasteiger partial charge in [-0.05, 0) is 37.3 Å². The van der Waals surface area contributed by atoms with Crippen LogP contribution >= 0.6 is 0 Å². The standard InChI is InChI=1S/C17H16FN3O2/c1-10(22)9-19-16-13-8-11(18)6-7-14(13)20-17(21-16)12-4-2-3-5-15(12)23/h2-8,10,22-23H,9H2,1H3,(H,19,20,21). The summed E-state index contributed by atoms with van der Waals surface area (Å²) < 4.78 is 13.5. The van der Waals surface area contributed by atoms with Crippen LogP contribution in [-0.2, 0) is 0 Å². The highest BCUT2D eigenvalue weighted by molar-refractivity contribution is 5.91. The van der Waals surface area contributed by atoms with Crippen molar-refractivity contribution >= 4 is 16.7 Å². The quantitative estimate of drug-likeness (QED) is 0.690. The lowest BCUT2D eigenvalue weighted by molar-refractivity contribution is 0.208. The average molecular weight is 313 g/mol. The van der Waals surface area contributed by atoms with E-state index in [4.69, 9.17) is 0 Å². The van der Waals surface area contributed by atoms with Crippen LogP contribution in [-0.4, -0.2) is 32.8 Å². The summed E-state index contributed by atoms with van der Waals surface area (Å²) >= 11 is 0. The maximum absolute atomic E-state index is 13.5. The lowest BCUT2D eigenvalue weighted by Crippen LogP contribution is -2.16. The molecular weight excluding hydrogens is 297 g/mol. The third kappa shape index (κ3) is 3.22. The molecule has 3 aromatic rings. The van der Waals surface area contributed by atoms with Crippen LogP contribution in [0.2, 0.25) is 0 Å². The van der Waals surface area contributed by atoms with Gasteiger partial charge in [0.25, 0.3) is 0 Å². The Bertz CT molecular complexity index is 852. The Morgan fingerprint density at radius 1 is 1.17 bits per heavy atom. The lowest BCUT2D eigenvalue weighted by atomic mass is 10.1. The Morgan fingerprint density at radius 2 is 1.96 bits per heavy atom. The second-order valence-electron chi connectivity index (χ2n) is 5.30. The summed E-state index contributed by atoms with van der Waals surface area (Å²) in [7, 11) is 0. The van der Waals surface area contributed by atoms with Crippen LogP contribution in [0, 0.1) is 5.82 Å². The number of benzene rings is 2. The third-order valence-corrected chi connectivity index (χ3v) is 3.37. The van der Waals surface area contributed by atoms with Gasteiger partial charge in [0.2, 0.25) is 0 Å². The van der Waals surface area contributed by atoms with Crippen LogP contribution in [0.4, 0.5) is 10.2 Å². The number of para-hydroxylation sites is 1. The number of hydrogen-bond acceptors (Lipinski definition) is 5. The number of aliphatic hydroxyl groups is 1. The zero-order valence-corrected chi connectivity index (χ0v) is 12.5. The Labute approximate surface area is 132 Å². The Morgan fingerprint density at radius 3 is 2.70 bits per heavy atom. The highest BCUT2D eigenvalue weighted by Gasteiger charge is 2.13. The highest BCUT2D eigenvalue weighted by atomic mass is 19.1. The molecule has 1 aromatic heterocycles. The van der Waals surface area contributed by atoms with Gasteiger partial charge in [-0.25, -0.2) is 14.4 Å². The fourth-order valence-electron chi connectivity index (χ4n) is 2.26. The number of hydrogen-bond donors (Lipinski definition) is 3. The number of phenolic OH excluding ortho intramolecular Hbond substituents is 1. The molecule has 0 aliphatic carbocycles. The summed E-state index contributed by atoms with van der Waals surface area (Å²) in [6.07, 6.45) is -0.581.